The number of rotatable bonds is 8. The molecule has 0 saturated heterocycles. The summed E-state index contributed by atoms with van der Waals surface area (Å²) < 4.78 is 5.40. The highest BCUT2D eigenvalue weighted by atomic mass is 16.6. The quantitative estimate of drug-likeness (QED) is 0.520. The van der Waals surface area contributed by atoms with E-state index in [9.17, 15) is 19.5 Å². The molecule has 2 rings (SSSR count). The minimum absolute atomic E-state index is 0.0138. The number of alkyl carbamates (subject to hydrolysis) is 1. The first kappa shape index (κ1) is 27.5. The van der Waals surface area contributed by atoms with Crippen LogP contribution < -0.4 is 10.6 Å². The Morgan fingerprint density at radius 2 is 1.74 bits per heavy atom. The normalized spacial score (nSPS) is 15.9. The average molecular weight is 476 g/mol. The molecule has 1 saturated carbocycles. The summed E-state index contributed by atoms with van der Waals surface area (Å²) in [7, 11) is 0. The van der Waals surface area contributed by atoms with E-state index in [1.165, 1.54) is 12.1 Å². The molecule has 3 amide bonds. The average Bonchev–Trinajstić information content (AvgIpc) is 3.46. The number of phenols is 1. The number of amides is 3. The Morgan fingerprint density at radius 1 is 1.12 bits per heavy atom. The highest BCUT2D eigenvalue weighted by molar-refractivity contribution is 5.92. The Balaban J connectivity index is 2.46. The molecule has 8 nitrogen and oxygen atoms in total. The summed E-state index contributed by atoms with van der Waals surface area (Å²) in [6.07, 6.45) is 1.26. The lowest BCUT2D eigenvalue weighted by atomic mass is 9.98. The number of phenolic OH excluding ortho intramolecular Hbond substituents is 1. The molecule has 1 fully saturated rings. The van der Waals surface area contributed by atoms with Crippen molar-refractivity contribution in [3.63, 3.8) is 0 Å². The van der Waals surface area contributed by atoms with Crippen LogP contribution in [0, 0.1) is 5.92 Å². The molecule has 1 aliphatic rings. The second-order valence-corrected chi connectivity index (χ2v) is 11.5. The van der Waals surface area contributed by atoms with E-state index in [4.69, 9.17) is 4.74 Å². The Morgan fingerprint density at radius 3 is 2.21 bits per heavy atom. The van der Waals surface area contributed by atoms with Crippen molar-refractivity contribution in [2.45, 2.75) is 104 Å². The first-order chi connectivity index (χ1) is 15.6. The molecule has 34 heavy (non-hydrogen) atoms. The van der Waals surface area contributed by atoms with E-state index in [2.05, 4.69) is 10.6 Å². The van der Waals surface area contributed by atoms with Crippen molar-refractivity contribution in [3.05, 3.63) is 29.8 Å². The van der Waals surface area contributed by atoms with Crippen molar-refractivity contribution in [2.24, 2.45) is 5.92 Å². The maximum atomic E-state index is 13.9. The third kappa shape index (κ3) is 8.54. The number of nitrogens with one attached hydrogen (secondary N) is 2. The van der Waals surface area contributed by atoms with Gasteiger partial charge in [0.25, 0.3) is 0 Å². The van der Waals surface area contributed by atoms with E-state index in [0.29, 0.717) is 12.0 Å². The molecule has 1 aromatic carbocycles. The number of nitrogens with zero attached hydrogens (tertiary/aromatic N) is 1. The van der Waals surface area contributed by atoms with Crippen molar-refractivity contribution >= 4 is 17.9 Å². The molecule has 1 aliphatic carbocycles. The van der Waals surface area contributed by atoms with E-state index >= 15 is 0 Å². The molecular formula is C26H41N3O5. The van der Waals surface area contributed by atoms with Crippen LogP contribution in [0.15, 0.2) is 24.3 Å². The Hall–Kier alpha value is -2.77. The lowest BCUT2D eigenvalue weighted by Crippen LogP contribution is -2.55. The summed E-state index contributed by atoms with van der Waals surface area (Å²) in [4.78, 5) is 41.6. The number of carbonyl (C=O) groups is 3. The van der Waals surface area contributed by atoms with Crippen molar-refractivity contribution in [3.8, 4) is 5.75 Å². The van der Waals surface area contributed by atoms with Crippen LogP contribution in [0.2, 0.25) is 0 Å². The van der Waals surface area contributed by atoms with Crippen molar-refractivity contribution in [2.75, 3.05) is 0 Å². The number of aromatic hydroxyl groups is 1. The van der Waals surface area contributed by atoms with Gasteiger partial charge in [-0.1, -0.05) is 26.0 Å². The van der Waals surface area contributed by atoms with Crippen LogP contribution in [-0.4, -0.2) is 51.1 Å². The monoisotopic (exact) mass is 475 g/mol. The van der Waals surface area contributed by atoms with Crippen LogP contribution in [0.5, 0.6) is 5.75 Å². The van der Waals surface area contributed by atoms with E-state index < -0.39 is 29.3 Å². The van der Waals surface area contributed by atoms with Gasteiger partial charge >= 0.3 is 6.09 Å². The maximum Gasteiger partial charge on any atom is 0.408 e. The molecule has 0 aliphatic heterocycles. The molecule has 190 valence electrons. The van der Waals surface area contributed by atoms with Crippen LogP contribution in [0.3, 0.4) is 0 Å². The molecule has 2 atom stereocenters. The predicted octanol–water partition coefficient (Wildman–Crippen LogP) is 4.28. The van der Waals surface area contributed by atoms with Gasteiger partial charge in [-0.05, 0) is 84.4 Å². The first-order valence-corrected chi connectivity index (χ1v) is 12.0. The lowest BCUT2D eigenvalue weighted by molar-refractivity contribution is -0.144. The highest BCUT2D eigenvalue weighted by Gasteiger charge is 2.44. The minimum Gasteiger partial charge on any atom is -0.508 e. The summed E-state index contributed by atoms with van der Waals surface area (Å²) in [6, 6.07) is 4.50. The molecule has 0 bridgehead atoms. The molecule has 1 aromatic rings. The summed E-state index contributed by atoms with van der Waals surface area (Å²) in [5, 5.41) is 15.8. The SMILES string of the molecule is CC(C)CC(NC(=O)OC(C)(C)C)C(=O)N(C1CC1)C(C(=O)NC(C)(C)C)c1cccc(O)c1. The van der Waals surface area contributed by atoms with Crippen molar-refractivity contribution in [1.29, 1.82) is 0 Å². The Labute approximate surface area is 203 Å². The summed E-state index contributed by atoms with van der Waals surface area (Å²) >= 11 is 0. The van der Waals surface area contributed by atoms with Gasteiger partial charge in [-0.2, -0.15) is 0 Å². The Bertz CT molecular complexity index is 881. The molecule has 2 unspecified atom stereocenters. The third-order valence-electron chi connectivity index (χ3n) is 5.10. The first-order valence-electron chi connectivity index (χ1n) is 12.0. The van der Waals surface area contributed by atoms with Crippen LogP contribution in [0.25, 0.3) is 0 Å². The van der Waals surface area contributed by atoms with E-state index in [0.717, 1.165) is 12.8 Å². The molecule has 3 N–H and O–H groups in total. The van der Waals surface area contributed by atoms with Gasteiger partial charge in [-0.15, -0.1) is 0 Å². The van der Waals surface area contributed by atoms with Gasteiger partial charge in [0.2, 0.25) is 11.8 Å². The van der Waals surface area contributed by atoms with Gasteiger partial charge in [0, 0.05) is 11.6 Å². The topological polar surface area (TPSA) is 108 Å². The predicted molar refractivity (Wildman–Crippen MR) is 131 cm³/mol. The second kappa shape index (κ2) is 10.7. The van der Waals surface area contributed by atoms with Gasteiger partial charge in [-0.3, -0.25) is 9.59 Å². The minimum atomic E-state index is -0.943. The number of carbonyl (C=O) groups excluding carboxylic acids is 3. The Kier molecular flexibility index (Phi) is 8.61. The van der Waals surface area contributed by atoms with Gasteiger partial charge in [0.15, 0.2) is 0 Å². The van der Waals surface area contributed by atoms with Crippen molar-refractivity contribution < 1.29 is 24.2 Å². The van der Waals surface area contributed by atoms with E-state index in [1.807, 2.05) is 34.6 Å². The zero-order valence-corrected chi connectivity index (χ0v) is 21.8. The third-order valence-corrected chi connectivity index (χ3v) is 5.10. The standard InChI is InChI=1S/C26H41N3O5/c1-16(2)14-20(27-24(33)34-26(6,7)8)23(32)29(18-12-13-18)21(22(31)28-25(3,4)5)17-10-9-11-19(30)15-17/h9-11,15-16,18,20-21,30H,12-14H2,1-8H3,(H,27,33)(H,28,31). The number of hydrogen-bond acceptors (Lipinski definition) is 5. The maximum absolute atomic E-state index is 13.9. The number of ether oxygens (including phenoxy) is 1. The fraction of sp³-hybridized carbons (Fsp3) is 0.654. The van der Waals surface area contributed by atoms with Gasteiger partial charge in [0.05, 0.1) is 0 Å². The second-order valence-electron chi connectivity index (χ2n) is 11.5. The summed E-state index contributed by atoms with van der Waals surface area (Å²) in [5.41, 5.74) is -0.707. The highest BCUT2D eigenvalue weighted by Crippen LogP contribution is 2.37. The van der Waals surface area contributed by atoms with Gasteiger partial charge < -0.3 is 25.4 Å². The van der Waals surface area contributed by atoms with Gasteiger partial charge in [-0.25, -0.2) is 4.79 Å². The fourth-order valence-corrected chi connectivity index (χ4v) is 3.76. The van der Waals surface area contributed by atoms with Crippen LogP contribution in [0.4, 0.5) is 4.79 Å². The number of hydrogen-bond donors (Lipinski definition) is 3. The molecule has 0 heterocycles. The molecule has 0 radical (unpaired) electrons. The van der Waals surface area contributed by atoms with E-state index in [-0.39, 0.29) is 29.5 Å². The van der Waals surface area contributed by atoms with Crippen LogP contribution in [-0.2, 0) is 14.3 Å². The molecule has 0 spiro atoms. The number of benzene rings is 1. The fourth-order valence-electron chi connectivity index (χ4n) is 3.76. The zero-order chi connectivity index (χ0) is 25.8. The van der Waals surface area contributed by atoms with Crippen LogP contribution in [0.1, 0.15) is 86.3 Å². The smallest absolute Gasteiger partial charge is 0.408 e. The largest absolute Gasteiger partial charge is 0.508 e. The van der Waals surface area contributed by atoms with Crippen molar-refractivity contribution in [1.82, 2.24) is 15.5 Å². The lowest BCUT2D eigenvalue weighted by Gasteiger charge is -2.36. The summed E-state index contributed by atoms with van der Waals surface area (Å²) in [5.74, 6) is -0.536. The summed E-state index contributed by atoms with van der Waals surface area (Å²) in [6.45, 7) is 14.8. The molecule has 8 heteroatoms. The molecule has 0 aromatic heterocycles. The van der Waals surface area contributed by atoms with Crippen LogP contribution >= 0.6 is 0 Å². The molecular weight excluding hydrogens is 434 g/mol. The van der Waals surface area contributed by atoms with Gasteiger partial charge in [0.1, 0.15) is 23.4 Å². The zero-order valence-electron chi connectivity index (χ0n) is 21.8. The van der Waals surface area contributed by atoms with E-state index in [1.54, 1.807) is 37.8 Å².